The molecule has 0 amide bonds. The molecule has 1 saturated carbocycles. The number of halogens is 1. The molecule has 2 aliphatic heterocycles. The molecule has 23 heavy (non-hydrogen) atoms. The third-order valence-corrected chi connectivity index (χ3v) is 5.99. The summed E-state index contributed by atoms with van der Waals surface area (Å²) in [7, 11) is 0. The fraction of sp³-hybridized carbons (Fsp3) is 1.00. The quantitative estimate of drug-likeness (QED) is 0.801. The smallest absolute Gasteiger partial charge is 0.0623 e. The number of morpholine rings is 1. The maximum Gasteiger partial charge on any atom is 0.0623 e. The molecule has 0 bridgehead atoms. The molecule has 3 fully saturated rings. The Hall–Kier alpha value is 0.130. The lowest BCUT2D eigenvalue weighted by Gasteiger charge is -2.37. The molecule has 0 aromatic rings. The van der Waals surface area contributed by atoms with E-state index in [1.807, 2.05) is 0 Å². The van der Waals surface area contributed by atoms with E-state index in [0.717, 1.165) is 31.6 Å². The van der Waals surface area contributed by atoms with E-state index in [1.165, 1.54) is 51.7 Å². The molecule has 0 radical (unpaired) electrons. The fourth-order valence-electron chi connectivity index (χ4n) is 4.64. The Morgan fingerprint density at radius 1 is 1.22 bits per heavy atom. The first-order valence-corrected chi connectivity index (χ1v) is 9.52. The van der Waals surface area contributed by atoms with Crippen LogP contribution in [0.4, 0.5) is 0 Å². The van der Waals surface area contributed by atoms with Crippen LogP contribution in [0, 0.1) is 11.8 Å². The lowest BCUT2D eigenvalue weighted by Crippen LogP contribution is -2.52. The molecule has 3 rings (SSSR count). The van der Waals surface area contributed by atoms with Gasteiger partial charge in [-0.2, -0.15) is 0 Å². The van der Waals surface area contributed by atoms with E-state index in [4.69, 9.17) is 4.74 Å². The van der Waals surface area contributed by atoms with Crippen LogP contribution < -0.4 is 10.6 Å². The summed E-state index contributed by atoms with van der Waals surface area (Å²) in [6, 6.07) is 1.98. The first kappa shape index (κ1) is 19.5. The monoisotopic (exact) mass is 345 g/mol. The summed E-state index contributed by atoms with van der Waals surface area (Å²) in [4.78, 5) is 2.65. The molecule has 2 N–H and O–H groups in total. The van der Waals surface area contributed by atoms with E-state index in [0.29, 0.717) is 18.1 Å². The van der Waals surface area contributed by atoms with Gasteiger partial charge in [-0.25, -0.2) is 0 Å². The van der Waals surface area contributed by atoms with E-state index in [-0.39, 0.29) is 12.4 Å². The molecule has 4 nitrogen and oxygen atoms in total. The molecule has 3 aliphatic rings. The third-order valence-electron chi connectivity index (χ3n) is 5.99. The second kappa shape index (κ2) is 9.57. The van der Waals surface area contributed by atoms with Gasteiger partial charge in [-0.1, -0.05) is 6.42 Å². The minimum absolute atomic E-state index is 0. The van der Waals surface area contributed by atoms with Gasteiger partial charge < -0.3 is 20.3 Å². The number of hydrogen-bond acceptors (Lipinski definition) is 4. The number of piperidine rings is 1. The Morgan fingerprint density at radius 3 is 2.83 bits per heavy atom. The Balaban J connectivity index is 0.00000192. The minimum Gasteiger partial charge on any atom is -0.379 e. The van der Waals surface area contributed by atoms with Crippen molar-refractivity contribution in [1.82, 2.24) is 15.5 Å². The van der Waals surface area contributed by atoms with Crippen molar-refractivity contribution in [2.45, 2.75) is 64.1 Å². The molecule has 0 spiro atoms. The second-order valence-electron chi connectivity index (χ2n) is 7.84. The summed E-state index contributed by atoms with van der Waals surface area (Å²) >= 11 is 0. The van der Waals surface area contributed by atoms with Crippen LogP contribution >= 0.6 is 12.4 Å². The van der Waals surface area contributed by atoms with Crippen molar-refractivity contribution in [2.24, 2.45) is 11.8 Å². The predicted molar refractivity (Wildman–Crippen MR) is 98.4 cm³/mol. The van der Waals surface area contributed by atoms with Gasteiger partial charge in [0.2, 0.25) is 0 Å². The number of rotatable bonds is 5. The zero-order valence-electron chi connectivity index (χ0n) is 14.9. The van der Waals surface area contributed by atoms with Crippen LogP contribution in [0.2, 0.25) is 0 Å². The van der Waals surface area contributed by atoms with Gasteiger partial charge in [0, 0.05) is 31.2 Å². The third kappa shape index (κ3) is 5.30. The molecule has 2 saturated heterocycles. The SMILES string of the molecule is CC(C)N1CCCC(CNC2CCCC2C2COCCN2)C1.Cl. The van der Waals surface area contributed by atoms with Crippen LogP contribution in [-0.2, 0) is 4.74 Å². The number of nitrogens with one attached hydrogen (secondary N) is 2. The van der Waals surface area contributed by atoms with Crippen molar-refractivity contribution < 1.29 is 4.74 Å². The first-order valence-electron chi connectivity index (χ1n) is 9.52. The highest BCUT2D eigenvalue weighted by molar-refractivity contribution is 5.85. The van der Waals surface area contributed by atoms with Gasteiger partial charge in [0.05, 0.1) is 13.2 Å². The lowest BCUT2D eigenvalue weighted by atomic mass is 9.92. The zero-order chi connectivity index (χ0) is 15.4. The van der Waals surface area contributed by atoms with Crippen LogP contribution in [0.25, 0.3) is 0 Å². The van der Waals surface area contributed by atoms with Crippen LogP contribution in [-0.4, -0.2) is 62.4 Å². The van der Waals surface area contributed by atoms with Crippen LogP contribution in [0.15, 0.2) is 0 Å². The summed E-state index contributed by atoms with van der Waals surface area (Å²) in [5, 5.41) is 7.61. The Kier molecular flexibility index (Phi) is 8.10. The first-order chi connectivity index (χ1) is 10.7. The summed E-state index contributed by atoms with van der Waals surface area (Å²) in [5.74, 6) is 1.61. The Bertz CT molecular complexity index is 336. The fourth-order valence-corrected chi connectivity index (χ4v) is 4.64. The van der Waals surface area contributed by atoms with Crippen molar-refractivity contribution in [2.75, 3.05) is 39.4 Å². The molecule has 4 unspecified atom stereocenters. The van der Waals surface area contributed by atoms with Crippen LogP contribution in [0.3, 0.4) is 0 Å². The molecule has 5 heteroatoms. The standard InChI is InChI=1S/C18H35N3O.ClH/c1-14(2)21-9-4-5-15(12-21)11-20-17-7-3-6-16(17)18-13-22-10-8-19-18;/h14-20H,3-13H2,1-2H3;1H. The van der Waals surface area contributed by atoms with Crippen molar-refractivity contribution in [1.29, 1.82) is 0 Å². The van der Waals surface area contributed by atoms with E-state index in [1.54, 1.807) is 0 Å². The molecule has 1 aliphatic carbocycles. The van der Waals surface area contributed by atoms with Crippen molar-refractivity contribution in [3.05, 3.63) is 0 Å². The highest BCUT2D eigenvalue weighted by Gasteiger charge is 2.35. The van der Waals surface area contributed by atoms with Crippen molar-refractivity contribution >= 4 is 12.4 Å². The number of hydrogen-bond donors (Lipinski definition) is 2. The average Bonchev–Trinajstić information content (AvgIpc) is 3.02. The van der Waals surface area contributed by atoms with E-state index >= 15 is 0 Å². The number of ether oxygens (including phenoxy) is 1. The summed E-state index contributed by atoms with van der Waals surface area (Å²) < 4.78 is 5.68. The minimum atomic E-state index is 0. The normalized spacial score (nSPS) is 36.1. The largest absolute Gasteiger partial charge is 0.379 e. The van der Waals surface area contributed by atoms with Gasteiger partial charge in [0.25, 0.3) is 0 Å². The predicted octanol–water partition coefficient (Wildman–Crippen LogP) is 2.28. The number of nitrogens with zero attached hydrogens (tertiary/aromatic N) is 1. The Labute approximate surface area is 148 Å². The van der Waals surface area contributed by atoms with Gasteiger partial charge in [-0.15, -0.1) is 12.4 Å². The molecule has 0 aromatic carbocycles. The maximum atomic E-state index is 5.68. The summed E-state index contributed by atoms with van der Waals surface area (Å²) in [6.07, 6.45) is 6.86. The highest BCUT2D eigenvalue weighted by Crippen LogP contribution is 2.30. The zero-order valence-corrected chi connectivity index (χ0v) is 15.7. The van der Waals surface area contributed by atoms with Gasteiger partial charge in [0.1, 0.15) is 0 Å². The van der Waals surface area contributed by atoms with Gasteiger partial charge in [-0.05, 0) is 64.5 Å². The summed E-state index contributed by atoms with van der Waals surface area (Å²) in [6.45, 7) is 11.3. The van der Waals surface area contributed by atoms with Crippen LogP contribution in [0.1, 0.15) is 46.0 Å². The average molecular weight is 346 g/mol. The molecular weight excluding hydrogens is 310 g/mol. The highest BCUT2D eigenvalue weighted by atomic mass is 35.5. The topological polar surface area (TPSA) is 36.5 Å². The molecule has 4 atom stereocenters. The van der Waals surface area contributed by atoms with Crippen molar-refractivity contribution in [3.63, 3.8) is 0 Å². The van der Waals surface area contributed by atoms with E-state index < -0.39 is 0 Å². The molecular formula is C18H36ClN3O. The lowest BCUT2D eigenvalue weighted by molar-refractivity contribution is 0.0516. The second-order valence-corrected chi connectivity index (χ2v) is 7.84. The maximum absolute atomic E-state index is 5.68. The van der Waals surface area contributed by atoms with Gasteiger partial charge in [0.15, 0.2) is 0 Å². The summed E-state index contributed by atoms with van der Waals surface area (Å²) in [5.41, 5.74) is 0. The van der Waals surface area contributed by atoms with Gasteiger partial charge >= 0.3 is 0 Å². The van der Waals surface area contributed by atoms with E-state index in [2.05, 4.69) is 29.4 Å². The van der Waals surface area contributed by atoms with Crippen LogP contribution in [0.5, 0.6) is 0 Å². The van der Waals surface area contributed by atoms with Crippen molar-refractivity contribution in [3.8, 4) is 0 Å². The Morgan fingerprint density at radius 2 is 2.09 bits per heavy atom. The molecule has 136 valence electrons. The van der Waals surface area contributed by atoms with E-state index in [9.17, 15) is 0 Å². The number of likely N-dealkylation sites (tertiary alicyclic amines) is 1. The van der Waals surface area contributed by atoms with Gasteiger partial charge in [-0.3, -0.25) is 0 Å². The molecule has 2 heterocycles. The molecule has 0 aromatic heterocycles.